The third kappa shape index (κ3) is 3.77. The zero-order valence-corrected chi connectivity index (χ0v) is 12.8. The maximum atomic E-state index is 13.2. The van der Waals surface area contributed by atoms with E-state index in [2.05, 4.69) is 28.2 Å². The predicted molar refractivity (Wildman–Crippen MR) is 78.4 cm³/mol. The van der Waals surface area contributed by atoms with Crippen molar-refractivity contribution in [2.75, 3.05) is 13.2 Å². The first kappa shape index (κ1) is 14.9. The number of nitrogens with one attached hydrogen (secondary N) is 1. The number of aliphatic hydroxyl groups excluding tert-OH is 1. The van der Waals surface area contributed by atoms with Crippen LogP contribution in [0.5, 0.6) is 0 Å². The van der Waals surface area contributed by atoms with Gasteiger partial charge in [0.25, 0.3) is 0 Å². The third-order valence-corrected chi connectivity index (χ3v) is 4.79. The fourth-order valence-electron chi connectivity index (χ4n) is 2.85. The van der Waals surface area contributed by atoms with Crippen molar-refractivity contribution in [2.24, 2.45) is 11.8 Å². The Balaban J connectivity index is 1.90. The molecular formula is C15H21BrFNO. The normalized spacial score (nSPS) is 24.6. The monoisotopic (exact) mass is 329 g/mol. The summed E-state index contributed by atoms with van der Waals surface area (Å²) in [6.45, 7) is 3.30. The lowest BCUT2D eigenvalue weighted by Gasteiger charge is -2.21. The lowest BCUT2D eigenvalue weighted by atomic mass is 9.96. The van der Waals surface area contributed by atoms with Gasteiger partial charge in [-0.1, -0.05) is 12.5 Å². The Morgan fingerprint density at radius 3 is 2.84 bits per heavy atom. The molecule has 0 radical (unpaired) electrons. The molecule has 1 aliphatic carbocycles. The molecule has 2 rings (SSSR count). The van der Waals surface area contributed by atoms with Crippen LogP contribution in [0, 0.1) is 17.7 Å². The molecule has 0 aromatic heterocycles. The second kappa shape index (κ2) is 6.82. The molecule has 1 saturated carbocycles. The Morgan fingerprint density at radius 2 is 2.16 bits per heavy atom. The number of rotatable bonds is 5. The van der Waals surface area contributed by atoms with Gasteiger partial charge in [-0.25, -0.2) is 4.39 Å². The summed E-state index contributed by atoms with van der Waals surface area (Å²) in [5, 5.41) is 12.8. The molecule has 0 amide bonds. The van der Waals surface area contributed by atoms with Gasteiger partial charge in [0.1, 0.15) is 5.82 Å². The number of hydrogen-bond donors (Lipinski definition) is 2. The van der Waals surface area contributed by atoms with Crippen molar-refractivity contribution in [1.29, 1.82) is 0 Å². The highest BCUT2D eigenvalue weighted by Crippen LogP contribution is 2.31. The topological polar surface area (TPSA) is 32.3 Å². The smallest absolute Gasteiger partial charge is 0.137 e. The third-order valence-electron chi connectivity index (χ3n) is 4.18. The second-order valence-corrected chi connectivity index (χ2v) is 6.29. The molecule has 0 aliphatic heterocycles. The Morgan fingerprint density at radius 1 is 1.42 bits per heavy atom. The van der Waals surface area contributed by atoms with E-state index in [1.807, 2.05) is 12.1 Å². The van der Waals surface area contributed by atoms with Gasteiger partial charge in [-0.05, 0) is 71.8 Å². The molecule has 0 spiro atoms. The maximum absolute atomic E-state index is 13.2. The highest BCUT2D eigenvalue weighted by Gasteiger charge is 2.26. The highest BCUT2D eigenvalue weighted by atomic mass is 79.9. The van der Waals surface area contributed by atoms with Crippen LogP contribution in [0.15, 0.2) is 22.7 Å². The molecular weight excluding hydrogens is 309 g/mol. The van der Waals surface area contributed by atoms with Crippen LogP contribution < -0.4 is 5.32 Å². The zero-order valence-electron chi connectivity index (χ0n) is 11.2. The van der Waals surface area contributed by atoms with E-state index in [0.717, 1.165) is 18.5 Å². The number of halogens is 2. The van der Waals surface area contributed by atoms with Crippen molar-refractivity contribution in [3.05, 3.63) is 34.1 Å². The van der Waals surface area contributed by atoms with Crippen LogP contribution in [0.2, 0.25) is 0 Å². The number of aliphatic hydroxyl groups is 1. The molecule has 4 heteroatoms. The second-order valence-electron chi connectivity index (χ2n) is 5.44. The van der Waals surface area contributed by atoms with E-state index in [1.54, 1.807) is 0 Å². The summed E-state index contributed by atoms with van der Waals surface area (Å²) in [4.78, 5) is 0. The zero-order chi connectivity index (χ0) is 13.8. The van der Waals surface area contributed by atoms with E-state index in [1.165, 1.54) is 18.9 Å². The van der Waals surface area contributed by atoms with E-state index in [-0.39, 0.29) is 11.9 Å². The Hall–Kier alpha value is -0.450. The molecule has 2 N–H and O–H groups in total. The summed E-state index contributed by atoms with van der Waals surface area (Å²) < 4.78 is 13.7. The summed E-state index contributed by atoms with van der Waals surface area (Å²) in [6, 6.07) is 5.32. The quantitative estimate of drug-likeness (QED) is 0.864. The van der Waals surface area contributed by atoms with Crippen LogP contribution in [-0.4, -0.2) is 18.3 Å². The predicted octanol–water partition coefficient (Wildman–Crippen LogP) is 3.65. The van der Waals surface area contributed by atoms with Crippen molar-refractivity contribution in [3.63, 3.8) is 0 Å². The molecule has 1 fully saturated rings. The molecule has 1 aromatic carbocycles. The molecule has 2 nitrogen and oxygen atoms in total. The van der Waals surface area contributed by atoms with Crippen molar-refractivity contribution in [3.8, 4) is 0 Å². The molecule has 0 bridgehead atoms. The summed E-state index contributed by atoms with van der Waals surface area (Å²) in [5.41, 5.74) is 1.08. The van der Waals surface area contributed by atoms with Gasteiger partial charge in [0.15, 0.2) is 0 Å². The van der Waals surface area contributed by atoms with Gasteiger partial charge in [0.2, 0.25) is 0 Å². The average Bonchev–Trinajstić information content (AvgIpc) is 2.86. The molecule has 3 atom stereocenters. The highest BCUT2D eigenvalue weighted by molar-refractivity contribution is 9.10. The Bertz CT molecular complexity index is 427. The van der Waals surface area contributed by atoms with Gasteiger partial charge in [-0.15, -0.1) is 0 Å². The van der Waals surface area contributed by atoms with Gasteiger partial charge in [-0.2, -0.15) is 0 Å². The number of benzene rings is 1. The molecule has 1 aliphatic rings. The van der Waals surface area contributed by atoms with Crippen molar-refractivity contribution in [2.45, 2.75) is 32.2 Å². The minimum atomic E-state index is -0.230. The Labute approximate surface area is 122 Å². The summed E-state index contributed by atoms with van der Waals surface area (Å²) >= 11 is 3.22. The van der Waals surface area contributed by atoms with E-state index in [0.29, 0.717) is 22.9 Å². The lowest BCUT2D eigenvalue weighted by molar-refractivity contribution is 0.190. The first-order valence-electron chi connectivity index (χ1n) is 6.91. The van der Waals surface area contributed by atoms with E-state index < -0.39 is 0 Å². The van der Waals surface area contributed by atoms with E-state index in [4.69, 9.17) is 0 Å². The molecule has 1 aromatic rings. The van der Waals surface area contributed by atoms with Crippen LogP contribution in [0.3, 0.4) is 0 Å². The van der Waals surface area contributed by atoms with Crippen LogP contribution in [-0.2, 0) is 0 Å². The summed E-state index contributed by atoms with van der Waals surface area (Å²) in [5.74, 6) is 0.781. The summed E-state index contributed by atoms with van der Waals surface area (Å²) in [7, 11) is 0. The van der Waals surface area contributed by atoms with Gasteiger partial charge in [0, 0.05) is 12.6 Å². The van der Waals surface area contributed by atoms with Crippen molar-refractivity contribution < 1.29 is 9.50 Å². The minimum absolute atomic E-state index is 0.192. The van der Waals surface area contributed by atoms with E-state index >= 15 is 0 Å². The molecule has 3 unspecified atom stereocenters. The first-order chi connectivity index (χ1) is 9.11. The largest absolute Gasteiger partial charge is 0.396 e. The molecule has 19 heavy (non-hydrogen) atoms. The van der Waals surface area contributed by atoms with Crippen molar-refractivity contribution in [1.82, 2.24) is 5.32 Å². The fourth-order valence-corrected chi connectivity index (χ4v) is 3.25. The standard InChI is InChI=1S/C15H21BrFNO/c1-10(11-5-6-15(17)14(16)7-11)18-8-12-3-2-4-13(12)9-19/h5-7,10,12-13,18-19H,2-4,8-9H2,1H3. The Kier molecular flexibility index (Phi) is 5.37. The van der Waals surface area contributed by atoms with Crippen LogP contribution in [0.25, 0.3) is 0 Å². The van der Waals surface area contributed by atoms with Crippen LogP contribution in [0.1, 0.15) is 37.8 Å². The number of hydrogen-bond acceptors (Lipinski definition) is 2. The maximum Gasteiger partial charge on any atom is 0.137 e. The lowest BCUT2D eigenvalue weighted by Crippen LogP contribution is -2.28. The van der Waals surface area contributed by atoms with Gasteiger partial charge in [0.05, 0.1) is 4.47 Å². The minimum Gasteiger partial charge on any atom is -0.396 e. The average molecular weight is 330 g/mol. The van der Waals surface area contributed by atoms with Gasteiger partial charge >= 0.3 is 0 Å². The fraction of sp³-hybridized carbons (Fsp3) is 0.600. The molecule has 0 heterocycles. The first-order valence-corrected chi connectivity index (χ1v) is 7.70. The van der Waals surface area contributed by atoms with Crippen molar-refractivity contribution >= 4 is 15.9 Å². The van der Waals surface area contributed by atoms with Gasteiger partial charge in [-0.3, -0.25) is 0 Å². The SMILES string of the molecule is CC(NCC1CCCC1CO)c1ccc(F)c(Br)c1. The van der Waals surface area contributed by atoms with Crippen LogP contribution in [0.4, 0.5) is 4.39 Å². The van der Waals surface area contributed by atoms with Gasteiger partial charge < -0.3 is 10.4 Å². The molecule has 0 saturated heterocycles. The van der Waals surface area contributed by atoms with E-state index in [9.17, 15) is 9.50 Å². The summed E-state index contributed by atoms with van der Waals surface area (Å²) in [6.07, 6.45) is 3.55. The molecule has 106 valence electrons. The van der Waals surface area contributed by atoms with Crippen LogP contribution >= 0.6 is 15.9 Å².